The van der Waals surface area contributed by atoms with Gasteiger partial charge in [-0.1, -0.05) is 0 Å². The van der Waals surface area contributed by atoms with E-state index in [2.05, 4.69) is 0 Å². The van der Waals surface area contributed by atoms with Crippen molar-refractivity contribution in [3.8, 4) is 0 Å². The molecule has 0 fully saturated rings. The number of rotatable bonds is 0. The molecule has 5 atom stereocenters. The molecule has 0 rings (SSSR count). The van der Waals surface area contributed by atoms with Gasteiger partial charge in [0.15, 0.2) is 0 Å². The normalized spacial score (nSPS) is 0. The van der Waals surface area contributed by atoms with Crippen LogP contribution in [0.2, 0.25) is 0 Å². The van der Waals surface area contributed by atoms with Gasteiger partial charge < -0.3 is 0 Å². The lowest BCUT2D eigenvalue weighted by Crippen LogP contribution is 0.689. The van der Waals surface area contributed by atoms with Crippen molar-refractivity contribution in [2.24, 2.45) is 0 Å². The highest BCUT2D eigenvalue weighted by Gasteiger charge is -0.140. The van der Waals surface area contributed by atoms with Crippen LogP contribution in [0.1, 0.15) is 0 Å². The Labute approximate surface area is 111 Å². The molecule has 0 spiro atoms. The van der Waals surface area contributed by atoms with E-state index >= 15 is 0 Å². The monoisotopic (exact) mass is 350 g/mol. The molecule has 0 aliphatic heterocycles. The Kier molecular flexibility index (Phi) is 2180. The molecule has 0 nitrogen and oxygen atoms in total. The average molecular weight is 352 g/mol. The molecule has 0 saturated heterocycles. The molecule has 0 amide bonds. The van der Waals surface area contributed by atoms with Gasteiger partial charge in [-0.3, -0.25) is 0 Å². The molecule has 0 aromatic carbocycles. The van der Waals surface area contributed by atoms with Crippen molar-refractivity contribution in [1.29, 1.82) is 0 Å². The van der Waals surface area contributed by atoms with E-state index in [0.717, 1.165) is 0 Å². The number of halogens is 5. The summed E-state index contributed by atoms with van der Waals surface area (Å²) in [7, 11) is 0. The molecule has 0 N–H and O–H groups in total. The lowest BCUT2D eigenvalue weighted by atomic mass is 31.0. The van der Waals surface area contributed by atoms with Gasteiger partial charge in [0.25, 0.3) is 0 Å². The first-order chi connectivity index (χ1) is 0. The smallest absolute Gasteiger partial charge is 0.147 e. The molecule has 0 bridgehead atoms. The molecule has 0 aromatic heterocycles. The fourth-order valence-corrected chi connectivity index (χ4v) is 0. The highest BCUT2D eigenvalue weighted by Crippen LogP contribution is 0.865. The van der Waals surface area contributed by atoms with Gasteiger partial charge in [0.05, 0.1) is 0 Å². The van der Waals surface area contributed by atoms with E-state index in [1.165, 1.54) is 0 Å². The quantitative estimate of drug-likeness (QED) is 0.588. The molecule has 80 valence electrons. The Hall–Kier alpha value is 3.60. The Bertz CT molecular complexity index is 10.0. The summed E-state index contributed by atoms with van der Waals surface area (Å²) >= 11 is 0. The zero-order chi connectivity index (χ0) is 0. The summed E-state index contributed by atoms with van der Waals surface area (Å²) in [6.07, 6.45) is 0. The molecule has 10 heteroatoms. The van der Waals surface area contributed by atoms with Crippen LogP contribution < -0.4 is 0 Å². The fourth-order valence-electron chi connectivity index (χ4n) is 0. The lowest BCUT2D eigenvalue weighted by molar-refractivity contribution is 5.85. The maximum absolute atomic E-state index is 0. The predicted molar refractivity (Wildman–Crippen MR) is 91.8 cm³/mol. The molecule has 0 radical (unpaired) electrons. The minimum absolute atomic E-state index is 0. The van der Waals surface area contributed by atoms with E-state index in [4.69, 9.17) is 0 Å². The molecule has 0 aliphatic rings. The van der Waals surface area contributed by atoms with E-state index in [0.29, 0.717) is 0 Å². The van der Waals surface area contributed by atoms with E-state index in [1.54, 1.807) is 0 Å². The van der Waals surface area contributed by atoms with Gasteiger partial charge in [0.1, 0.15) is 0 Å². The molecule has 0 heterocycles. The van der Waals surface area contributed by atoms with Gasteiger partial charge in [-0.2, -0.15) is 49.5 Å². The first-order valence-corrected chi connectivity index (χ1v) is 0. The highest BCUT2D eigenvalue weighted by molar-refractivity contribution is 6.92. The van der Waals surface area contributed by atoms with Crippen LogP contribution in [0, 0.1) is 0 Å². The lowest BCUT2D eigenvalue weighted by Gasteiger charge is -0.154. The van der Waals surface area contributed by atoms with E-state index in [-0.39, 0.29) is 112 Å². The maximum atomic E-state index is 0. The summed E-state index contributed by atoms with van der Waals surface area (Å²) in [4.78, 5) is 0. The molecule has 0 saturated carbocycles. The molecule has 10 heavy (non-hydrogen) atoms. The highest BCUT2D eigenvalue weighted by atomic mass is 35.5. The largest absolute Gasteiger partial charge is 0.153 e. The second-order valence-corrected chi connectivity index (χ2v) is 0. The second kappa shape index (κ2) is 131. The van der Waals surface area contributed by atoms with Crippen LogP contribution in [0.15, 0.2) is 0 Å². The number of hydrogen-bond acceptors (Lipinski definition) is 0. The van der Waals surface area contributed by atoms with Gasteiger partial charge in [-0.25, -0.2) is 0 Å². The maximum Gasteiger partial charge on any atom is -0.147 e. The third-order valence-corrected chi connectivity index (χ3v) is 0. The Morgan fingerprint density at radius 3 is 0.200 bits per heavy atom. The van der Waals surface area contributed by atoms with Crippen LogP contribution in [0.4, 0.5) is 0 Å². The summed E-state index contributed by atoms with van der Waals surface area (Å²) in [6.45, 7) is 0. The summed E-state index contributed by atoms with van der Waals surface area (Å²) in [6, 6.07) is 0. The average Bonchev–Trinajstić information content (AvgIpc) is 0. The topological polar surface area (TPSA) is 0 Å². The Morgan fingerprint density at radius 1 is 0.200 bits per heavy atom. The van der Waals surface area contributed by atoms with Crippen molar-refractivity contribution < 1.29 is 0 Å². The first-order valence-electron chi connectivity index (χ1n) is 0. The van der Waals surface area contributed by atoms with Crippen LogP contribution >= 0.6 is 112 Å². The number of hydrogen-bond donors (Lipinski definition) is 0. The van der Waals surface area contributed by atoms with Crippen molar-refractivity contribution in [1.82, 2.24) is 0 Å². The van der Waals surface area contributed by atoms with E-state index in [1.807, 2.05) is 0 Å². The fraction of sp³-hybridized carbons (Fsp3) is 0. The molecule has 0 aliphatic carbocycles. The van der Waals surface area contributed by atoms with Crippen molar-refractivity contribution in [2.45, 2.75) is 0 Å². The second-order valence-electron chi connectivity index (χ2n) is 0. The van der Waals surface area contributed by atoms with Crippen molar-refractivity contribution >= 4 is 112 Å². The molecular weight excluding hydrogens is 332 g/mol. The minimum atomic E-state index is 0. The van der Waals surface area contributed by atoms with Gasteiger partial charge in [0, 0.05) is 0 Å². The first kappa shape index (κ1) is 167. The summed E-state index contributed by atoms with van der Waals surface area (Å²) in [5.41, 5.74) is 0. The molecule has 0 aromatic rings. The van der Waals surface area contributed by atoms with Gasteiger partial charge in [0.2, 0.25) is 0 Å². The SMILES string of the molecule is Cl.Cl.Cl.Cl.Cl.P.P.P.P.P. The summed E-state index contributed by atoms with van der Waals surface area (Å²) in [5, 5.41) is 0. The van der Waals surface area contributed by atoms with Crippen LogP contribution in [0.25, 0.3) is 0 Å². The van der Waals surface area contributed by atoms with Crippen LogP contribution in [0.3, 0.4) is 0 Å². The van der Waals surface area contributed by atoms with E-state index in [9.17, 15) is 0 Å². The summed E-state index contributed by atoms with van der Waals surface area (Å²) in [5.74, 6) is 0. The van der Waals surface area contributed by atoms with Gasteiger partial charge in [-0.05, 0) is 0 Å². The Morgan fingerprint density at radius 2 is 0.200 bits per heavy atom. The van der Waals surface area contributed by atoms with E-state index < -0.39 is 0 Å². The zero-order valence-electron chi connectivity index (χ0n) is 5.58. The molecule has 5 unspecified atom stereocenters. The van der Waals surface area contributed by atoms with Crippen molar-refractivity contribution in [3.63, 3.8) is 0 Å². The summed E-state index contributed by atoms with van der Waals surface area (Å²) < 4.78 is 0. The van der Waals surface area contributed by atoms with Gasteiger partial charge >= 0.3 is 0 Å². The predicted octanol–water partition coefficient (Wildman–Crippen LogP) is 2.40. The molecular formula is H20Cl5P5. The van der Waals surface area contributed by atoms with Gasteiger partial charge in [-0.15, -0.1) is 62.0 Å². The van der Waals surface area contributed by atoms with Crippen LogP contribution in [-0.4, -0.2) is 0 Å². The zero-order valence-corrected chi connectivity index (χ0v) is 16.7. The van der Waals surface area contributed by atoms with Crippen molar-refractivity contribution in [2.75, 3.05) is 0 Å². The third kappa shape index (κ3) is 101. The minimum Gasteiger partial charge on any atom is -0.153 e. The van der Waals surface area contributed by atoms with Crippen molar-refractivity contribution in [3.05, 3.63) is 0 Å². The Balaban J connectivity index is 0. The van der Waals surface area contributed by atoms with Crippen LogP contribution in [-0.2, 0) is 0 Å². The third-order valence-electron chi connectivity index (χ3n) is 0. The van der Waals surface area contributed by atoms with Crippen LogP contribution in [0.5, 0.6) is 0 Å². The standard InChI is InChI=1S/5ClH.5H3P/h5*1H;5*1H3.